The van der Waals surface area contributed by atoms with Gasteiger partial charge in [-0.15, -0.1) is 0 Å². The van der Waals surface area contributed by atoms with Crippen LogP contribution in [0.25, 0.3) is 0 Å². The van der Waals surface area contributed by atoms with Gasteiger partial charge in [0.05, 0.1) is 23.6 Å². The summed E-state index contributed by atoms with van der Waals surface area (Å²) in [5, 5.41) is 30.8. The summed E-state index contributed by atoms with van der Waals surface area (Å²) < 4.78 is 0. The number of nitriles is 1. The van der Waals surface area contributed by atoms with Crippen LogP contribution in [0, 0.1) is 11.3 Å². The lowest BCUT2D eigenvalue weighted by molar-refractivity contribution is 0.244. The van der Waals surface area contributed by atoms with Gasteiger partial charge in [-0.3, -0.25) is 4.90 Å². The van der Waals surface area contributed by atoms with Crippen LogP contribution in [0.4, 0.5) is 11.6 Å². The third-order valence-corrected chi connectivity index (χ3v) is 5.15. The molecule has 0 aliphatic carbocycles. The molecular formula is C21H21BN6O2. The smallest absolute Gasteiger partial charge is 0.423 e. The van der Waals surface area contributed by atoms with E-state index in [4.69, 9.17) is 10.2 Å². The minimum absolute atomic E-state index is 0.162. The third-order valence-electron chi connectivity index (χ3n) is 5.15. The van der Waals surface area contributed by atoms with Gasteiger partial charge in [-0.2, -0.15) is 5.26 Å². The fourth-order valence-electron chi connectivity index (χ4n) is 3.72. The molecule has 1 atom stereocenters. The van der Waals surface area contributed by atoms with Gasteiger partial charge in [0.25, 0.3) is 0 Å². The van der Waals surface area contributed by atoms with Crippen LogP contribution < -0.4 is 10.8 Å². The van der Waals surface area contributed by atoms with Crippen LogP contribution in [0.3, 0.4) is 0 Å². The molecule has 9 heteroatoms. The van der Waals surface area contributed by atoms with Crippen molar-refractivity contribution in [2.75, 3.05) is 11.9 Å². The molecule has 1 aliphatic heterocycles. The number of aromatic nitrogens is 3. The van der Waals surface area contributed by atoms with E-state index in [-0.39, 0.29) is 6.04 Å². The zero-order valence-electron chi connectivity index (χ0n) is 16.3. The SMILES string of the molecule is N#Cc1ccc(Nc2nccc([C@@H]3CCCN3Cc3cccc(B(O)O)c3)n2)cn1. The van der Waals surface area contributed by atoms with Gasteiger partial charge in [-0.05, 0) is 48.6 Å². The molecular weight excluding hydrogens is 379 g/mol. The Balaban J connectivity index is 1.49. The van der Waals surface area contributed by atoms with E-state index in [1.54, 1.807) is 30.6 Å². The molecule has 0 saturated carbocycles. The highest BCUT2D eigenvalue weighted by atomic mass is 16.4. The maximum Gasteiger partial charge on any atom is 0.488 e. The van der Waals surface area contributed by atoms with Crippen LogP contribution in [0.2, 0.25) is 0 Å². The lowest BCUT2D eigenvalue weighted by atomic mass is 9.79. The van der Waals surface area contributed by atoms with Crippen molar-refractivity contribution < 1.29 is 10.0 Å². The summed E-state index contributed by atoms with van der Waals surface area (Å²) in [4.78, 5) is 15.4. The first kappa shape index (κ1) is 20.0. The first-order chi connectivity index (χ1) is 14.6. The van der Waals surface area contributed by atoms with Crippen LogP contribution in [0.5, 0.6) is 0 Å². The van der Waals surface area contributed by atoms with Crippen molar-refractivity contribution in [2.45, 2.75) is 25.4 Å². The highest BCUT2D eigenvalue weighted by Crippen LogP contribution is 2.32. The lowest BCUT2D eigenvalue weighted by Crippen LogP contribution is -2.31. The molecule has 8 nitrogen and oxygen atoms in total. The Morgan fingerprint density at radius 1 is 1.20 bits per heavy atom. The van der Waals surface area contributed by atoms with Gasteiger partial charge in [0.1, 0.15) is 11.8 Å². The van der Waals surface area contributed by atoms with Crippen molar-refractivity contribution in [1.82, 2.24) is 19.9 Å². The number of nitrogens with one attached hydrogen (secondary N) is 1. The van der Waals surface area contributed by atoms with Crippen LogP contribution in [0.1, 0.15) is 35.8 Å². The highest BCUT2D eigenvalue weighted by molar-refractivity contribution is 6.58. The molecule has 1 fully saturated rings. The quantitative estimate of drug-likeness (QED) is 0.533. The Morgan fingerprint density at radius 2 is 2.10 bits per heavy atom. The highest BCUT2D eigenvalue weighted by Gasteiger charge is 2.27. The van der Waals surface area contributed by atoms with Crippen LogP contribution >= 0.6 is 0 Å². The maximum atomic E-state index is 9.42. The first-order valence-corrected chi connectivity index (χ1v) is 9.77. The summed E-state index contributed by atoms with van der Waals surface area (Å²) in [7, 11) is -1.47. The van der Waals surface area contributed by atoms with Crippen molar-refractivity contribution >= 4 is 24.2 Å². The Morgan fingerprint density at radius 3 is 2.87 bits per heavy atom. The molecule has 0 amide bonds. The molecule has 3 heterocycles. The van der Waals surface area contributed by atoms with Crippen LogP contribution in [0.15, 0.2) is 54.9 Å². The van der Waals surface area contributed by atoms with Gasteiger partial charge in [-0.25, -0.2) is 15.0 Å². The predicted octanol–water partition coefficient (Wildman–Crippen LogP) is 1.50. The zero-order chi connectivity index (χ0) is 20.9. The van der Waals surface area contributed by atoms with Crippen molar-refractivity contribution in [3.05, 3.63) is 71.8 Å². The standard InChI is InChI=1S/C21H21BN6O2/c23-12-17-6-7-18(13-25-17)26-21-24-9-8-19(27-21)20-5-2-10-28(20)14-15-3-1-4-16(11-15)22(29)30/h1,3-4,6-9,11,13,20,29-30H,2,5,10,14H2,(H,24,26,27)/t20-/m0/s1. The Kier molecular flexibility index (Phi) is 6.00. The van der Waals surface area contributed by atoms with E-state index < -0.39 is 7.12 Å². The topological polar surface area (TPSA) is 118 Å². The summed E-state index contributed by atoms with van der Waals surface area (Å²) in [6.07, 6.45) is 5.39. The Hall–Kier alpha value is -3.32. The normalized spacial score (nSPS) is 16.2. The number of hydrogen-bond acceptors (Lipinski definition) is 8. The number of hydrogen-bond donors (Lipinski definition) is 3. The minimum Gasteiger partial charge on any atom is -0.423 e. The van der Waals surface area contributed by atoms with E-state index in [9.17, 15) is 10.0 Å². The fraction of sp³-hybridized carbons (Fsp3) is 0.238. The van der Waals surface area contributed by atoms with Crippen molar-refractivity contribution in [3.63, 3.8) is 0 Å². The number of rotatable bonds is 6. The number of anilines is 2. The molecule has 150 valence electrons. The minimum atomic E-state index is -1.47. The third kappa shape index (κ3) is 4.63. The molecule has 30 heavy (non-hydrogen) atoms. The predicted molar refractivity (Wildman–Crippen MR) is 113 cm³/mol. The van der Waals surface area contributed by atoms with Gasteiger partial charge in [0.2, 0.25) is 5.95 Å². The Bertz CT molecular complexity index is 1050. The maximum absolute atomic E-state index is 9.42. The largest absolute Gasteiger partial charge is 0.488 e. The van der Waals surface area contributed by atoms with Crippen molar-refractivity contribution in [2.24, 2.45) is 0 Å². The van der Waals surface area contributed by atoms with E-state index in [2.05, 4.69) is 20.2 Å². The number of nitrogens with zero attached hydrogens (tertiary/aromatic N) is 5. The molecule has 0 spiro atoms. The number of benzene rings is 1. The Labute approximate surface area is 175 Å². The zero-order valence-corrected chi connectivity index (χ0v) is 16.3. The average molecular weight is 400 g/mol. The first-order valence-electron chi connectivity index (χ1n) is 9.77. The van der Waals surface area contributed by atoms with Crippen molar-refractivity contribution in [1.29, 1.82) is 5.26 Å². The van der Waals surface area contributed by atoms with Crippen LogP contribution in [-0.2, 0) is 6.54 Å². The van der Waals surface area contributed by atoms with E-state index in [1.807, 2.05) is 30.3 Å². The van der Waals surface area contributed by atoms with Gasteiger partial charge in [0.15, 0.2) is 0 Å². The molecule has 1 aliphatic rings. The van der Waals surface area contributed by atoms with E-state index >= 15 is 0 Å². The molecule has 4 rings (SSSR count). The molecule has 0 unspecified atom stereocenters. The van der Waals surface area contributed by atoms with Gasteiger partial charge < -0.3 is 15.4 Å². The second-order valence-corrected chi connectivity index (χ2v) is 7.22. The van der Waals surface area contributed by atoms with E-state index in [0.717, 1.165) is 30.6 Å². The van der Waals surface area contributed by atoms with E-state index in [1.165, 1.54) is 0 Å². The molecule has 0 bridgehead atoms. The van der Waals surface area contributed by atoms with Gasteiger partial charge >= 0.3 is 7.12 Å². The number of pyridine rings is 1. The van der Waals surface area contributed by atoms with Gasteiger partial charge in [-0.1, -0.05) is 24.3 Å². The summed E-state index contributed by atoms with van der Waals surface area (Å²) >= 11 is 0. The lowest BCUT2D eigenvalue weighted by Gasteiger charge is -2.24. The number of likely N-dealkylation sites (tertiary alicyclic amines) is 1. The second-order valence-electron chi connectivity index (χ2n) is 7.22. The molecule has 3 aromatic rings. The molecule has 2 aromatic heterocycles. The van der Waals surface area contributed by atoms with Crippen molar-refractivity contribution in [3.8, 4) is 6.07 Å². The van der Waals surface area contributed by atoms with Crippen LogP contribution in [-0.4, -0.2) is 43.6 Å². The summed E-state index contributed by atoms with van der Waals surface area (Å²) in [6.45, 7) is 1.65. The second kappa shape index (κ2) is 9.01. The summed E-state index contributed by atoms with van der Waals surface area (Å²) in [5.41, 5.74) is 3.53. The molecule has 1 saturated heterocycles. The van der Waals surface area contributed by atoms with Gasteiger partial charge in [0, 0.05) is 12.7 Å². The summed E-state index contributed by atoms with van der Waals surface area (Å²) in [5.74, 6) is 0.483. The van der Waals surface area contributed by atoms with E-state index in [0.29, 0.717) is 29.3 Å². The molecule has 3 N–H and O–H groups in total. The fourth-order valence-corrected chi connectivity index (χ4v) is 3.72. The monoisotopic (exact) mass is 400 g/mol. The summed E-state index contributed by atoms with van der Waals surface area (Å²) in [6, 6.07) is 14.9. The molecule has 0 radical (unpaired) electrons. The average Bonchev–Trinajstić information content (AvgIpc) is 3.23. The molecule has 1 aromatic carbocycles.